The van der Waals surface area contributed by atoms with Gasteiger partial charge in [0.25, 0.3) is 0 Å². The molecule has 0 saturated heterocycles. The second-order valence-corrected chi connectivity index (χ2v) is 4.62. The van der Waals surface area contributed by atoms with E-state index in [1.165, 1.54) is 0 Å². The lowest BCUT2D eigenvalue weighted by molar-refractivity contribution is 0.112. The van der Waals surface area contributed by atoms with Crippen LogP contribution in [0.25, 0.3) is 0 Å². The summed E-state index contributed by atoms with van der Waals surface area (Å²) >= 11 is 7.05. The summed E-state index contributed by atoms with van der Waals surface area (Å²) < 4.78 is 5.20. The molecular weight excluding hydrogens is 272 g/mol. The van der Waals surface area contributed by atoms with Gasteiger partial charge in [0.15, 0.2) is 6.29 Å². The van der Waals surface area contributed by atoms with E-state index in [1.807, 2.05) is 6.07 Å². The van der Waals surface area contributed by atoms with E-state index >= 15 is 0 Å². The summed E-state index contributed by atoms with van der Waals surface area (Å²) in [6.07, 6.45) is 2.36. The van der Waals surface area contributed by atoms with Crippen molar-refractivity contribution in [3.8, 4) is 0 Å². The first-order valence-electron chi connectivity index (χ1n) is 5.16. The quantitative estimate of drug-likeness (QED) is 0.650. The number of hydrogen-bond donors (Lipinski definition) is 2. The Morgan fingerprint density at radius 2 is 2.33 bits per heavy atom. The van der Waals surface area contributed by atoms with Crippen molar-refractivity contribution in [2.45, 2.75) is 11.4 Å². The van der Waals surface area contributed by atoms with Crippen LogP contribution in [0.15, 0.2) is 39.8 Å². The molecule has 4 nitrogen and oxygen atoms in total. The fourth-order valence-corrected chi connectivity index (χ4v) is 2.17. The van der Waals surface area contributed by atoms with Crippen molar-refractivity contribution in [1.29, 1.82) is 0 Å². The average Bonchev–Trinajstić information content (AvgIpc) is 2.89. The van der Waals surface area contributed by atoms with Crippen molar-refractivity contribution in [2.24, 2.45) is 5.14 Å². The lowest BCUT2D eigenvalue weighted by Crippen LogP contribution is -2.02. The fraction of sp³-hybridized carbons (Fsp3) is 0.0833. The predicted octanol–water partition coefficient (Wildman–Crippen LogP) is 3.32. The van der Waals surface area contributed by atoms with E-state index in [1.54, 1.807) is 24.5 Å². The summed E-state index contributed by atoms with van der Waals surface area (Å²) in [5.41, 5.74) is 1.17. The Balaban J connectivity index is 2.21. The van der Waals surface area contributed by atoms with Gasteiger partial charge in [0.05, 0.1) is 17.8 Å². The smallest absolute Gasteiger partial charge is 0.152 e. The van der Waals surface area contributed by atoms with Gasteiger partial charge in [0.2, 0.25) is 0 Å². The monoisotopic (exact) mass is 282 g/mol. The second-order valence-electron chi connectivity index (χ2n) is 3.54. The molecule has 0 atom stereocenters. The number of halogens is 1. The zero-order valence-corrected chi connectivity index (χ0v) is 10.9. The fourth-order valence-electron chi connectivity index (χ4n) is 1.51. The first-order chi connectivity index (χ1) is 8.74. The molecule has 0 aliphatic heterocycles. The maximum Gasteiger partial charge on any atom is 0.152 e. The minimum atomic E-state index is 0.485. The van der Waals surface area contributed by atoms with Gasteiger partial charge in [0.1, 0.15) is 5.76 Å². The highest BCUT2D eigenvalue weighted by Gasteiger charge is 2.08. The van der Waals surface area contributed by atoms with Gasteiger partial charge >= 0.3 is 0 Å². The van der Waals surface area contributed by atoms with Gasteiger partial charge < -0.3 is 9.73 Å². The largest absolute Gasteiger partial charge is 0.467 e. The molecule has 1 aromatic carbocycles. The van der Waals surface area contributed by atoms with Crippen LogP contribution < -0.4 is 10.5 Å². The highest BCUT2D eigenvalue weighted by molar-refractivity contribution is 7.97. The number of aldehydes is 1. The van der Waals surface area contributed by atoms with E-state index in [-0.39, 0.29) is 0 Å². The van der Waals surface area contributed by atoms with Crippen LogP contribution in [0.1, 0.15) is 16.1 Å². The van der Waals surface area contributed by atoms with Gasteiger partial charge in [-0.05, 0) is 36.2 Å². The molecule has 0 saturated carbocycles. The SMILES string of the molecule is NSc1cc(C=O)c(NCc2ccco2)cc1Cl. The van der Waals surface area contributed by atoms with E-state index in [0.29, 0.717) is 27.7 Å². The lowest BCUT2D eigenvalue weighted by atomic mass is 10.2. The number of hydrogen-bond acceptors (Lipinski definition) is 5. The molecule has 6 heteroatoms. The molecule has 0 bridgehead atoms. The standard InChI is InChI=1S/C12H11ClN2O2S/c13-10-5-11(8(7-16)4-12(10)18-14)15-6-9-2-1-3-17-9/h1-5,7,15H,6,14H2. The second kappa shape index (κ2) is 5.95. The maximum atomic E-state index is 11.0. The van der Waals surface area contributed by atoms with Crippen molar-refractivity contribution < 1.29 is 9.21 Å². The van der Waals surface area contributed by atoms with Crippen LogP contribution in [-0.4, -0.2) is 6.29 Å². The van der Waals surface area contributed by atoms with Crippen molar-refractivity contribution in [3.05, 3.63) is 46.9 Å². The Hall–Kier alpha value is -1.43. The summed E-state index contributed by atoms with van der Waals surface area (Å²) in [7, 11) is 0. The number of carbonyl (C=O) groups is 1. The molecule has 0 amide bonds. The van der Waals surface area contributed by atoms with Gasteiger partial charge in [-0.1, -0.05) is 11.6 Å². The molecule has 0 fully saturated rings. The third-order valence-electron chi connectivity index (χ3n) is 2.39. The number of carbonyl (C=O) groups excluding carboxylic acids is 1. The molecule has 0 radical (unpaired) electrons. The van der Waals surface area contributed by atoms with Gasteiger partial charge in [-0.25, -0.2) is 0 Å². The number of anilines is 1. The van der Waals surface area contributed by atoms with Crippen molar-refractivity contribution in [3.63, 3.8) is 0 Å². The molecular formula is C12H11ClN2O2S. The van der Waals surface area contributed by atoms with Crippen molar-refractivity contribution in [2.75, 3.05) is 5.32 Å². The Kier molecular flexibility index (Phi) is 4.30. The molecule has 0 aliphatic carbocycles. The summed E-state index contributed by atoms with van der Waals surface area (Å²) in [5.74, 6) is 0.778. The van der Waals surface area contributed by atoms with E-state index in [2.05, 4.69) is 5.32 Å². The van der Waals surface area contributed by atoms with E-state index in [0.717, 1.165) is 24.0 Å². The summed E-state index contributed by atoms with van der Waals surface area (Å²) in [6.45, 7) is 0.485. The van der Waals surface area contributed by atoms with Crippen LogP contribution in [-0.2, 0) is 6.54 Å². The third-order valence-corrected chi connectivity index (χ3v) is 3.41. The molecule has 1 heterocycles. The van der Waals surface area contributed by atoms with Crippen LogP contribution >= 0.6 is 23.5 Å². The first-order valence-corrected chi connectivity index (χ1v) is 6.42. The minimum absolute atomic E-state index is 0.485. The van der Waals surface area contributed by atoms with E-state index in [9.17, 15) is 4.79 Å². The molecule has 94 valence electrons. The molecule has 0 unspecified atom stereocenters. The van der Waals surface area contributed by atoms with E-state index in [4.69, 9.17) is 21.2 Å². The van der Waals surface area contributed by atoms with Gasteiger partial charge in [0, 0.05) is 16.1 Å². The highest BCUT2D eigenvalue weighted by atomic mass is 35.5. The van der Waals surface area contributed by atoms with Gasteiger partial charge in [-0.3, -0.25) is 9.93 Å². The first kappa shape index (κ1) is 13.0. The molecule has 18 heavy (non-hydrogen) atoms. The third kappa shape index (κ3) is 2.87. The molecule has 0 spiro atoms. The Morgan fingerprint density at radius 1 is 1.50 bits per heavy atom. The number of nitrogens with one attached hydrogen (secondary N) is 1. The Labute approximate surface area is 114 Å². The minimum Gasteiger partial charge on any atom is -0.467 e. The molecule has 2 rings (SSSR count). The van der Waals surface area contributed by atoms with Crippen LogP contribution in [0, 0.1) is 0 Å². The zero-order chi connectivity index (χ0) is 13.0. The Bertz CT molecular complexity index is 543. The topological polar surface area (TPSA) is 68.3 Å². The number of furan rings is 1. The Morgan fingerprint density at radius 3 is 2.94 bits per heavy atom. The average molecular weight is 283 g/mol. The van der Waals surface area contributed by atoms with Crippen molar-refractivity contribution in [1.82, 2.24) is 0 Å². The maximum absolute atomic E-state index is 11.0. The molecule has 1 aromatic heterocycles. The molecule has 2 aromatic rings. The summed E-state index contributed by atoms with van der Waals surface area (Å²) in [6, 6.07) is 6.99. The summed E-state index contributed by atoms with van der Waals surface area (Å²) in [4.78, 5) is 11.7. The van der Waals surface area contributed by atoms with Crippen LogP contribution in [0.3, 0.4) is 0 Å². The van der Waals surface area contributed by atoms with Crippen molar-refractivity contribution >= 4 is 35.5 Å². The number of nitrogens with two attached hydrogens (primary N) is 1. The van der Waals surface area contributed by atoms with Gasteiger partial charge in [-0.15, -0.1) is 0 Å². The van der Waals surface area contributed by atoms with Gasteiger partial charge in [-0.2, -0.15) is 0 Å². The lowest BCUT2D eigenvalue weighted by Gasteiger charge is -2.10. The summed E-state index contributed by atoms with van der Waals surface area (Å²) in [5, 5.41) is 9.06. The zero-order valence-electron chi connectivity index (χ0n) is 9.35. The van der Waals surface area contributed by atoms with E-state index < -0.39 is 0 Å². The van der Waals surface area contributed by atoms with Crippen LogP contribution in [0.2, 0.25) is 5.02 Å². The van der Waals surface area contributed by atoms with Crippen LogP contribution in [0.5, 0.6) is 0 Å². The number of rotatable bonds is 5. The normalized spacial score (nSPS) is 10.3. The molecule has 0 aliphatic rings. The number of benzene rings is 1. The molecule has 3 N–H and O–H groups in total. The van der Waals surface area contributed by atoms with Crippen LogP contribution in [0.4, 0.5) is 5.69 Å². The predicted molar refractivity (Wildman–Crippen MR) is 72.9 cm³/mol. The highest BCUT2D eigenvalue weighted by Crippen LogP contribution is 2.29.